The highest BCUT2D eigenvalue weighted by Crippen LogP contribution is 2.27. The molecule has 0 spiro atoms. The minimum atomic E-state index is -3.98. The Labute approximate surface area is 124 Å². The summed E-state index contributed by atoms with van der Waals surface area (Å²) in [6.07, 6.45) is 1.04. The van der Waals surface area contributed by atoms with Crippen LogP contribution in [0.25, 0.3) is 0 Å². The van der Waals surface area contributed by atoms with Gasteiger partial charge in [-0.3, -0.25) is 9.59 Å². The van der Waals surface area contributed by atoms with Gasteiger partial charge in [0.05, 0.1) is 4.90 Å². The maximum absolute atomic E-state index is 12.6. The predicted molar refractivity (Wildman–Crippen MR) is 76.8 cm³/mol. The van der Waals surface area contributed by atoms with Gasteiger partial charge in [0, 0.05) is 13.0 Å². The zero-order valence-electron chi connectivity index (χ0n) is 11.8. The van der Waals surface area contributed by atoms with Crippen molar-refractivity contribution in [1.29, 1.82) is 0 Å². The molecule has 7 heteroatoms. The lowest BCUT2D eigenvalue weighted by molar-refractivity contribution is -0.130. The average Bonchev–Trinajstić information content (AvgIpc) is 2.88. The molecule has 1 N–H and O–H groups in total. The van der Waals surface area contributed by atoms with Gasteiger partial charge in [0.1, 0.15) is 6.04 Å². The molecule has 1 aromatic rings. The maximum atomic E-state index is 12.6. The van der Waals surface area contributed by atoms with Crippen LogP contribution in [-0.2, 0) is 19.6 Å². The summed E-state index contributed by atoms with van der Waals surface area (Å²) < 4.78 is 25.8. The molecular weight excluding hydrogens is 292 g/mol. The molecule has 1 aliphatic heterocycles. The van der Waals surface area contributed by atoms with E-state index in [1.54, 1.807) is 18.2 Å². The first kappa shape index (κ1) is 15.5. The largest absolute Gasteiger partial charge is 0.354 e. The van der Waals surface area contributed by atoms with Gasteiger partial charge in [-0.15, -0.1) is 0 Å². The lowest BCUT2D eigenvalue weighted by Gasteiger charge is -2.23. The van der Waals surface area contributed by atoms with Crippen LogP contribution in [-0.4, -0.2) is 37.1 Å². The molecule has 6 nitrogen and oxygen atoms in total. The van der Waals surface area contributed by atoms with Gasteiger partial charge in [-0.1, -0.05) is 25.1 Å². The van der Waals surface area contributed by atoms with E-state index >= 15 is 0 Å². The molecule has 1 aliphatic rings. The first-order valence-electron chi connectivity index (χ1n) is 6.88. The lowest BCUT2D eigenvalue weighted by atomic mass is 10.2. The van der Waals surface area contributed by atoms with Crippen LogP contribution in [0, 0.1) is 0 Å². The molecule has 1 heterocycles. The third-order valence-electron chi connectivity index (χ3n) is 3.31. The zero-order chi connectivity index (χ0) is 15.5. The molecule has 0 aromatic heterocycles. The second-order valence-corrected chi connectivity index (χ2v) is 6.67. The smallest absolute Gasteiger partial charge is 0.267 e. The normalized spacial score (nSPS) is 18.8. The highest BCUT2D eigenvalue weighted by Gasteiger charge is 2.43. The molecule has 1 aromatic carbocycles. The van der Waals surface area contributed by atoms with Crippen molar-refractivity contribution in [2.45, 2.75) is 37.1 Å². The second-order valence-electron chi connectivity index (χ2n) is 4.85. The van der Waals surface area contributed by atoms with E-state index in [1.807, 2.05) is 6.92 Å². The van der Waals surface area contributed by atoms with Gasteiger partial charge in [-0.05, 0) is 25.0 Å². The fourth-order valence-electron chi connectivity index (χ4n) is 2.27. The Bertz CT molecular complexity index is 628. The van der Waals surface area contributed by atoms with Gasteiger partial charge in [-0.2, -0.15) is 0 Å². The SMILES string of the molecule is CCCNC(=O)C1CCC(=O)N1S(=O)(=O)c1ccccc1. The molecule has 2 rings (SSSR count). The van der Waals surface area contributed by atoms with E-state index in [4.69, 9.17) is 0 Å². The minimum Gasteiger partial charge on any atom is -0.354 e. The van der Waals surface area contributed by atoms with E-state index in [1.165, 1.54) is 12.1 Å². The van der Waals surface area contributed by atoms with Gasteiger partial charge < -0.3 is 5.32 Å². The Morgan fingerprint density at radius 2 is 2.00 bits per heavy atom. The quantitative estimate of drug-likeness (QED) is 0.875. The van der Waals surface area contributed by atoms with Crippen molar-refractivity contribution >= 4 is 21.8 Å². The fourth-order valence-corrected chi connectivity index (χ4v) is 3.90. The Morgan fingerprint density at radius 3 is 2.62 bits per heavy atom. The number of carbonyl (C=O) groups is 2. The zero-order valence-corrected chi connectivity index (χ0v) is 12.6. The predicted octanol–water partition coefficient (Wildman–Crippen LogP) is 0.892. The summed E-state index contributed by atoms with van der Waals surface area (Å²) in [6, 6.07) is 6.74. The number of carbonyl (C=O) groups excluding carboxylic acids is 2. The molecule has 0 bridgehead atoms. The Kier molecular flexibility index (Phi) is 4.62. The minimum absolute atomic E-state index is 0.0218. The first-order valence-corrected chi connectivity index (χ1v) is 8.32. The molecule has 1 atom stereocenters. The summed E-state index contributed by atoms with van der Waals surface area (Å²) >= 11 is 0. The summed E-state index contributed by atoms with van der Waals surface area (Å²) in [5.74, 6) is -0.947. The standard InChI is InChI=1S/C14H18N2O4S/c1-2-10-15-14(18)12-8-9-13(17)16(12)21(19,20)11-6-4-3-5-7-11/h3-7,12H,2,8-10H2,1H3,(H,15,18). The monoisotopic (exact) mass is 310 g/mol. The number of rotatable bonds is 5. The van der Waals surface area contributed by atoms with Gasteiger partial charge in [0.2, 0.25) is 11.8 Å². The Hall–Kier alpha value is -1.89. The fraction of sp³-hybridized carbons (Fsp3) is 0.429. The molecule has 1 fully saturated rings. The molecule has 0 saturated carbocycles. The van der Waals surface area contributed by atoms with E-state index < -0.39 is 27.9 Å². The van der Waals surface area contributed by atoms with Gasteiger partial charge in [0.25, 0.3) is 10.0 Å². The second kappa shape index (κ2) is 6.26. The van der Waals surface area contributed by atoms with Crippen molar-refractivity contribution < 1.29 is 18.0 Å². The van der Waals surface area contributed by atoms with E-state index in [2.05, 4.69) is 5.32 Å². The summed E-state index contributed by atoms with van der Waals surface area (Å²) in [6.45, 7) is 2.36. The van der Waals surface area contributed by atoms with Crippen molar-refractivity contribution in [1.82, 2.24) is 9.62 Å². The Balaban J connectivity index is 2.31. The van der Waals surface area contributed by atoms with Crippen molar-refractivity contribution in [2.24, 2.45) is 0 Å². The third-order valence-corrected chi connectivity index (χ3v) is 5.16. The molecule has 21 heavy (non-hydrogen) atoms. The lowest BCUT2D eigenvalue weighted by Crippen LogP contribution is -2.47. The van der Waals surface area contributed by atoms with Crippen molar-refractivity contribution in [3.63, 3.8) is 0 Å². The number of hydrogen-bond acceptors (Lipinski definition) is 4. The van der Waals surface area contributed by atoms with Crippen LogP contribution in [0.1, 0.15) is 26.2 Å². The molecule has 114 valence electrons. The van der Waals surface area contributed by atoms with Crippen LogP contribution in [0.2, 0.25) is 0 Å². The topological polar surface area (TPSA) is 83.6 Å². The molecular formula is C14H18N2O4S. The number of benzene rings is 1. The average molecular weight is 310 g/mol. The van der Waals surface area contributed by atoms with E-state index in [0.29, 0.717) is 6.54 Å². The number of amides is 2. The van der Waals surface area contributed by atoms with Crippen molar-refractivity contribution in [3.8, 4) is 0 Å². The third kappa shape index (κ3) is 3.07. The summed E-state index contributed by atoms with van der Waals surface area (Å²) in [5, 5.41) is 2.65. The van der Waals surface area contributed by atoms with Crippen LogP contribution in [0.15, 0.2) is 35.2 Å². The highest BCUT2D eigenvalue weighted by molar-refractivity contribution is 7.89. The summed E-state index contributed by atoms with van der Waals surface area (Å²) in [5.41, 5.74) is 0. The highest BCUT2D eigenvalue weighted by atomic mass is 32.2. The van der Waals surface area contributed by atoms with E-state index in [9.17, 15) is 18.0 Å². The number of sulfonamides is 1. The van der Waals surface area contributed by atoms with Crippen molar-refractivity contribution in [2.75, 3.05) is 6.54 Å². The maximum Gasteiger partial charge on any atom is 0.267 e. The van der Waals surface area contributed by atoms with Crippen LogP contribution < -0.4 is 5.32 Å². The van der Waals surface area contributed by atoms with Gasteiger partial charge in [-0.25, -0.2) is 12.7 Å². The summed E-state index contributed by atoms with van der Waals surface area (Å²) in [4.78, 5) is 24.0. The van der Waals surface area contributed by atoms with Gasteiger partial charge in [0.15, 0.2) is 0 Å². The number of nitrogens with one attached hydrogen (secondary N) is 1. The first-order chi connectivity index (χ1) is 9.98. The van der Waals surface area contributed by atoms with Crippen LogP contribution >= 0.6 is 0 Å². The van der Waals surface area contributed by atoms with Crippen molar-refractivity contribution in [3.05, 3.63) is 30.3 Å². The Morgan fingerprint density at radius 1 is 1.33 bits per heavy atom. The molecule has 2 amide bonds. The molecule has 1 unspecified atom stereocenters. The van der Waals surface area contributed by atoms with E-state index in [-0.39, 0.29) is 17.7 Å². The molecule has 1 saturated heterocycles. The van der Waals surface area contributed by atoms with Crippen LogP contribution in [0.3, 0.4) is 0 Å². The molecule has 0 aliphatic carbocycles. The van der Waals surface area contributed by atoms with Gasteiger partial charge >= 0.3 is 0 Å². The summed E-state index contributed by atoms with van der Waals surface area (Å²) in [7, 11) is -3.98. The number of nitrogens with zero attached hydrogens (tertiary/aromatic N) is 1. The van der Waals surface area contributed by atoms with Crippen LogP contribution in [0.4, 0.5) is 0 Å². The molecule has 0 radical (unpaired) electrons. The van der Waals surface area contributed by atoms with E-state index in [0.717, 1.165) is 10.7 Å². The van der Waals surface area contributed by atoms with Crippen LogP contribution in [0.5, 0.6) is 0 Å². The number of hydrogen-bond donors (Lipinski definition) is 1.